The number of hydrogen-bond donors (Lipinski definition) is 1. The average Bonchev–Trinajstić information content (AvgIpc) is 2.64. The molecular formula is C12H21N3. The first-order chi connectivity index (χ1) is 7.35. The quantitative estimate of drug-likeness (QED) is 0.803. The first kappa shape index (κ1) is 10.7. The average molecular weight is 207 g/mol. The minimum atomic E-state index is 0.435. The third kappa shape index (κ3) is 2.23. The monoisotopic (exact) mass is 207 g/mol. The van der Waals surface area contributed by atoms with Gasteiger partial charge in [-0.15, -0.1) is 0 Å². The van der Waals surface area contributed by atoms with E-state index < -0.39 is 0 Å². The summed E-state index contributed by atoms with van der Waals surface area (Å²) in [4.78, 5) is 4.47. The number of nitrogens with one attached hydrogen (secondary N) is 1. The van der Waals surface area contributed by atoms with Crippen LogP contribution in [-0.2, 0) is 6.54 Å². The van der Waals surface area contributed by atoms with Crippen LogP contribution in [0.25, 0.3) is 0 Å². The fourth-order valence-corrected chi connectivity index (χ4v) is 2.31. The Bertz CT molecular complexity index is 302. The smallest absolute Gasteiger partial charge is 0.125 e. The summed E-state index contributed by atoms with van der Waals surface area (Å²) in [6, 6.07) is 0.435. The second-order valence-electron chi connectivity index (χ2n) is 4.45. The maximum absolute atomic E-state index is 4.47. The fourth-order valence-electron chi connectivity index (χ4n) is 2.31. The Hall–Kier alpha value is -0.830. The van der Waals surface area contributed by atoms with Crippen molar-refractivity contribution in [2.24, 2.45) is 5.92 Å². The highest BCUT2D eigenvalue weighted by molar-refractivity contribution is 5.00. The van der Waals surface area contributed by atoms with E-state index >= 15 is 0 Å². The molecule has 1 aliphatic rings. The normalized spacial score (nSPS) is 18.8. The minimum absolute atomic E-state index is 0.435. The highest BCUT2D eigenvalue weighted by Crippen LogP contribution is 2.34. The van der Waals surface area contributed by atoms with E-state index in [4.69, 9.17) is 0 Å². The van der Waals surface area contributed by atoms with Gasteiger partial charge in [-0.05, 0) is 26.3 Å². The van der Waals surface area contributed by atoms with Crippen molar-refractivity contribution in [1.82, 2.24) is 14.9 Å². The predicted octanol–water partition coefficient (Wildman–Crippen LogP) is 2.35. The van der Waals surface area contributed by atoms with Gasteiger partial charge in [0.25, 0.3) is 0 Å². The highest BCUT2D eigenvalue weighted by Gasteiger charge is 2.24. The summed E-state index contributed by atoms with van der Waals surface area (Å²) < 4.78 is 2.24. The van der Waals surface area contributed by atoms with Crippen LogP contribution in [0.2, 0.25) is 0 Å². The van der Waals surface area contributed by atoms with Crippen molar-refractivity contribution in [1.29, 1.82) is 0 Å². The molecule has 1 atom stereocenters. The maximum atomic E-state index is 4.47. The lowest BCUT2D eigenvalue weighted by molar-refractivity contribution is 0.259. The molecule has 84 valence electrons. The molecule has 0 bridgehead atoms. The summed E-state index contributed by atoms with van der Waals surface area (Å²) in [6.07, 6.45) is 9.46. The molecule has 3 nitrogen and oxygen atoms in total. The standard InChI is InChI=1S/C12H21N3/c1-3-15-8-7-14-12(15)11(13-2)9-10-5-4-6-10/h7-8,10-11,13H,3-6,9H2,1-2H3. The number of hydrogen-bond acceptors (Lipinski definition) is 2. The topological polar surface area (TPSA) is 29.9 Å². The van der Waals surface area contributed by atoms with Crippen LogP contribution in [0.1, 0.15) is 44.5 Å². The zero-order valence-electron chi connectivity index (χ0n) is 9.74. The van der Waals surface area contributed by atoms with Crippen LogP contribution >= 0.6 is 0 Å². The molecule has 2 rings (SSSR count). The van der Waals surface area contributed by atoms with Crippen molar-refractivity contribution in [3.63, 3.8) is 0 Å². The lowest BCUT2D eigenvalue weighted by Crippen LogP contribution is -2.25. The third-order valence-electron chi connectivity index (χ3n) is 3.54. The molecule has 1 aromatic heterocycles. The van der Waals surface area contributed by atoms with Crippen molar-refractivity contribution in [3.05, 3.63) is 18.2 Å². The molecule has 1 N–H and O–H groups in total. The molecule has 0 saturated heterocycles. The van der Waals surface area contributed by atoms with E-state index in [-0.39, 0.29) is 0 Å². The van der Waals surface area contributed by atoms with E-state index in [0.717, 1.165) is 12.5 Å². The molecule has 0 radical (unpaired) electrons. The van der Waals surface area contributed by atoms with Crippen molar-refractivity contribution in [3.8, 4) is 0 Å². The van der Waals surface area contributed by atoms with Gasteiger partial charge < -0.3 is 9.88 Å². The molecule has 0 aromatic carbocycles. The molecule has 0 aliphatic heterocycles. The van der Waals surface area contributed by atoms with Gasteiger partial charge in [-0.2, -0.15) is 0 Å². The molecule has 1 heterocycles. The molecule has 0 spiro atoms. The van der Waals surface area contributed by atoms with E-state index in [1.54, 1.807) is 0 Å². The van der Waals surface area contributed by atoms with E-state index in [0.29, 0.717) is 6.04 Å². The minimum Gasteiger partial charge on any atom is -0.334 e. The van der Waals surface area contributed by atoms with Crippen molar-refractivity contribution < 1.29 is 0 Å². The van der Waals surface area contributed by atoms with Gasteiger partial charge >= 0.3 is 0 Å². The van der Waals surface area contributed by atoms with Crippen LogP contribution in [0.5, 0.6) is 0 Å². The van der Waals surface area contributed by atoms with E-state index in [1.165, 1.54) is 31.5 Å². The van der Waals surface area contributed by atoms with Gasteiger partial charge in [-0.3, -0.25) is 0 Å². The molecular weight excluding hydrogens is 186 g/mol. The largest absolute Gasteiger partial charge is 0.334 e. The van der Waals surface area contributed by atoms with Gasteiger partial charge in [-0.1, -0.05) is 19.3 Å². The van der Waals surface area contributed by atoms with Gasteiger partial charge in [0.2, 0.25) is 0 Å². The lowest BCUT2D eigenvalue weighted by Gasteiger charge is -2.29. The predicted molar refractivity (Wildman–Crippen MR) is 61.7 cm³/mol. The lowest BCUT2D eigenvalue weighted by atomic mass is 9.80. The van der Waals surface area contributed by atoms with Gasteiger partial charge in [0.05, 0.1) is 6.04 Å². The van der Waals surface area contributed by atoms with Gasteiger partial charge in [0.1, 0.15) is 5.82 Å². The van der Waals surface area contributed by atoms with Crippen LogP contribution in [0.15, 0.2) is 12.4 Å². The summed E-state index contributed by atoms with van der Waals surface area (Å²) in [5.74, 6) is 2.12. The van der Waals surface area contributed by atoms with Crippen molar-refractivity contribution >= 4 is 0 Å². The summed E-state index contributed by atoms with van der Waals surface area (Å²) in [5, 5.41) is 3.39. The summed E-state index contributed by atoms with van der Waals surface area (Å²) in [7, 11) is 2.04. The number of nitrogens with zero attached hydrogens (tertiary/aromatic N) is 2. The second-order valence-corrected chi connectivity index (χ2v) is 4.45. The van der Waals surface area contributed by atoms with Crippen LogP contribution < -0.4 is 5.32 Å². The maximum Gasteiger partial charge on any atom is 0.125 e. The van der Waals surface area contributed by atoms with E-state index in [9.17, 15) is 0 Å². The van der Waals surface area contributed by atoms with Crippen LogP contribution in [0.3, 0.4) is 0 Å². The van der Waals surface area contributed by atoms with Gasteiger partial charge in [0.15, 0.2) is 0 Å². The molecule has 1 aliphatic carbocycles. The zero-order chi connectivity index (χ0) is 10.7. The Labute approximate surface area is 91.9 Å². The summed E-state index contributed by atoms with van der Waals surface area (Å²) in [6.45, 7) is 3.18. The van der Waals surface area contributed by atoms with E-state index in [2.05, 4.69) is 28.0 Å². The first-order valence-corrected chi connectivity index (χ1v) is 6.03. The van der Waals surface area contributed by atoms with Crippen molar-refractivity contribution in [2.75, 3.05) is 7.05 Å². The third-order valence-corrected chi connectivity index (χ3v) is 3.54. The zero-order valence-corrected chi connectivity index (χ0v) is 9.74. The molecule has 1 aromatic rings. The Kier molecular flexibility index (Phi) is 3.41. The molecule has 1 saturated carbocycles. The van der Waals surface area contributed by atoms with Crippen LogP contribution in [0, 0.1) is 5.92 Å². The molecule has 15 heavy (non-hydrogen) atoms. The van der Waals surface area contributed by atoms with Crippen molar-refractivity contribution in [2.45, 2.75) is 45.2 Å². The van der Waals surface area contributed by atoms with Gasteiger partial charge in [0, 0.05) is 18.9 Å². The summed E-state index contributed by atoms with van der Waals surface area (Å²) in [5.41, 5.74) is 0. The number of imidazole rings is 1. The molecule has 0 amide bonds. The number of rotatable bonds is 5. The van der Waals surface area contributed by atoms with Gasteiger partial charge in [-0.25, -0.2) is 4.98 Å². The van der Waals surface area contributed by atoms with Crippen LogP contribution in [-0.4, -0.2) is 16.6 Å². The summed E-state index contributed by atoms with van der Waals surface area (Å²) >= 11 is 0. The van der Waals surface area contributed by atoms with Crippen LogP contribution in [0.4, 0.5) is 0 Å². The number of aryl methyl sites for hydroxylation is 1. The Morgan fingerprint density at radius 1 is 1.60 bits per heavy atom. The Balaban J connectivity index is 2.04. The first-order valence-electron chi connectivity index (χ1n) is 6.03. The highest BCUT2D eigenvalue weighted by atomic mass is 15.1. The Morgan fingerprint density at radius 3 is 2.93 bits per heavy atom. The SMILES string of the molecule is CCn1ccnc1C(CC1CCC1)NC. The molecule has 1 fully saturated rings. The fraction of sp³-hybridized carbons (Fsp3) is 0.750. The molecule has 1 unspecified atom stereocenters. The molecule has 3 heteroatoms. The second kappa shape index (κ2) is 4.79. The Morgan fingerprint density at radius 2 is 2.40 bits per heavy atom. The number of aromatic nitrogens is 2. The van der Waals surface area contributed by atoms with E-state index in [1.807, 2.05) is 13.2 Å².